The molecule has 2 aliphatic rings. The summed E-state index contributed by atoms with van der Waals surface area (Å²) in [6, 6.07) is 12.1. The molecule has 8 heteroatoms. The maximum absolute atomic E-state index is 13.1. The number of amides is 2. The van der Waals surface area contributed by atoms with Gasteiger partial charge in [0.2, 0.25) is 11.8 Å². The third-order valence-electron chi connectivity index (χ3n) is 5.87. The van der Waals surface area contributed by atoms with Crippen LogP contribution in [0.2, 0.25) is 0 Å². The molecule has 164 valence electrons. The van der Waals surface area contributed by atoms with E-state index in [0.717, 1.165) is 30.9 Å². The van der Waals surface area contributed by atoms with Crippen LogP contribution in [0, 0.1) is 5.92 Å². The number of alkyl halides is 3. The molecule has 0 radical (unpaired) electrons. The molecule has 2 fully saturated rings. The van der Waals surface area contributed by atoms with Crippen molar-refractivity contribution in [1.82, 2.24) is 10.6 Å². The second kappa shape index (κ2) is 8.24. The van der Waals surface area contributed by atoms with Crippen molar-refractivity contribution in [2.24, 2.45) is 5.92 Å². The van der Waals surface area contributed by atoms with Crippen molar-refractivity contribution in [2.45, 2.75) is 50.4 Å². The molecule has 0 bridgehead atoms. The molecule has 0 unspecified atom stereocenters. The minimum Gasteiger partial charge on any atom is -0.355 e. The molecule has 2 aromatic rings. The third kappa shape index (κ3) is 4.84. The van der Waals surface area contributed by atoms with Gasteiger partial charge in [0.1, 0.15) is 5.54 Å². The van der Waals surface area contributed by atoms with Crippen molar-refractivity contribution in [3.8, 4) is 0 Å². The zero-order valence-corrected chi connectivity index (χ0v) is 16.9. The number of nitrogens with one attached hydrogen (secondary N) is 3. The summed E-state index contributed by atoms with van der Waals surface area (Å²) in [6.07, 6.45) is -0.495. The van der Waals surface area contributed by atoms with E-state index in [-0.39, 0.29) is 30.0 Å². The molecular formula is C23H24F3N3O2. The number of carbonyl (C=O) groups is 2. The number of benzene rings is 2. The van der Waals surface area contributed by atoms with Crippen molar-refractivity contribution in [2.75, 3.05) is 5.32 Å². The fourth-order valence-corrected chi connectivity index (χ4v) is 3.67. The highest BCUT2D eigenvalue weighted by molar-refractivity contribution is 5.93. The molecule has 3 N–H and O–H groups in total. The van der Waals surface area contributed by atoms with E-state index in [2.05, 4.69) is 16.0 Å². The van der Waals surface area contributed by atoms with Crippen molar-refractivity contribution in [3.63, 3.8) is 0 Å². The van der Waals surface area contributed by atoms with E-state index in [1.807, 2.05) is 0 Å². The van der Waals surface area contributed by atoms with Crippen LogP contribution in [0.1, 0.15) is 43.2 Å². The summed E-state index contributed by atoms with van der Waals surface area (Å²) in [7, 11) is 0. The number of hydrogen-bond acceptors (Lipinski definition) is 3. The van der Waals surface area contributed by atoms with Gasteiger partial charge in [0.05, 0.1) is 11.3 Å². The number of halogens is 3. The second-order valence-corrected chi connectivity index (χ2v) is 8.25. The summed E-state index contributed by atoms with van der Waals surface area (Å²) in [5.74, 6) is -0.175. The molecule has 4 rings (SSSR count). The van der Waals surface area contributed by atoms with Crippen molar-refractivity contribution < 1.29 is 22.8 Å². The molecule has 0 spiro atoms. The summed E-state index contributed by atoms with van der Waals surface area (Å²) in [6.45, 7) is 0.277. The molecule has 0 heterocycles. The Morgan fingerprint density at radius 3 is 2.26 bits per heavy atom. The molecule has 2 saturated carbocycles. The molecule has 0 saturated heterocycles. The van der Waals surface area contributed by atoms with Gasteiger partial charge in [0, 0.05) is 18.2 Å². The van der Waals surface area contributed by atoms with Crippen LogP contribution in [0.5, 0.6) is 0 Å². The molecule has 0 aliphatic heterocycles. The van der Waals surface area contributed by atoms with Gasteiger partial charge in [-0.05, 0) is 61.9 Å². The maximum Gasteiger partial charge on any atom is 0.418 e. The molecule has 2 aliphatic carbocycles. The van der Waals surface area contributed by atoms with Crippen molar-refractivity contribution in [1.29, 1.82) is 0 Å². The quantitative estimate of drug-likeness (QED) is 0.604. The average Bonchev–Trinajstić information content (AvgIpc) is 3.55. The summed E-state index contributed by atoms with van der Waals surface area (Å²) >= 11 is 0. The number of para-hydroxylation sites is 1. The van der Waals surface area contributed by atoms with Gasteiger partial charge < -0.3 is 16.0 Å². The highest BCUT2D eigenvalue weighted by Gasteiger charge is 2.47. The number of carbonyl (C=O) groups excluding carboxylic acids is 2. The number of hydrogen-bond donors (Lipinski definition) is 3. The fourth-order valence-electron chi connectivity index (χ4n) is 3.67. The fraction of sp³-hybridized carbons (Fsp3) is 0.391. The molecule has 0 atom stereocenters. The molecular weight excluding hydrogens is 407 g/mol. The first-order chi connectivity index (χ1) is 14.8. The van der Waals surface area contributed by atoms with E-state index in [1.165, 1.54) is 12.1 Å². The van der Waals surface area contributed by atoms with Crippen molar-refractivity contribution >= 4 is 23.2 Å². The smallest absolute Gasteiger partial charge is 0.355 e. The van der Waals surface area contributed by atoms with Gasteiger partial charge in [-0.3, -0.25) is 9.59 Å². The topological polar surface area (TPSA) is 70.2 Å². The Balaban J connectivity index is 1.35. The number of rotatable bonds is 7. The lowest BCUT2D eigenvalue weighted by molar-refractivity contribution is -0.137. The molecule has 31 heavy (non-hydrogen) atoms. The lowest BCUT2D eigenvalue weighted by Gasteiger charge is -2.40. The van der Waals surface area contributed by atoms with E-state index in [1.54, 1.807) is 30.3 Å². The third-order valence-corrected chi connectivity index (χ3v) is 5.87. The van der Waals surface area contributed by atoms with Gasteiger partial charge in [-0.25, -0.2) is 0 Å². The van der Waals surface area contributed by atoms with E-state index < -0.39 is 17.3 Å². The SMILES string of the molecule is O=C(NC1(C(=O)NCc2ccc(Nc3ccccc3C(F)(F)F)cc2)CCC1)C1CC1. The lowest BCUT2D eigenvalue weighted by atomic mass is 9.75. The van der Waals surface area contributed by atoms with Crippen LogP contribution in [-0.2, 0) is 22.3 Å². The van der Waals surface area contributed by atoms with E-state index in [0.29, 0.717) is 18.5 Å². The Morgan fingerprint density at radius 2 is 1.68 bits per heavy atom. The summed E-state index contributed by atoms with van der Waals surface area (Å²) in [4.78, 5) is 24.8. The van der Waals surface area contributed by atoms with Gasteiger partial charge in [-0.15, -0.1) is 0 Å². The van der Waals surface area contributed by atoms with Gasteiger partial charge >= 0.3 is 6.18 Å². The van der Waals surface area contributed by atoms with Crippen LogP contribution in [0.15, 0.2) is 48.5 Å². The Labute approximate surface area is 178 Å². The zero-order valence-electron chi connectivity index (χ0n) is 16.9. The number of anilines is 2. The van der Waals surface area contributed by atoms with Gasteiger partial charge in [-0.2, -0.15) is 13.2 Å². The average molecular weight is 431 g/mol. The monoisotopic (exact) mass is 431 g/mol. The highest BCUT2D eigenvalue weighted by atomic mass is 19.4. The molecule has 0 aromatic heterocycles. The van der Waals surface area contributed by atoms with Crippen LogP contribution >= 0.6 is 0 Å². The zero-order chi connectivity index (χ0) is 22.1. The predicted molar refractivity (Wildman–Crippen MR) is 110 cm³/mol. The molecule has 2 amide bonds. The Bertz CT molecular complexity index is 965. The minimum atomic E-state index is -4.44. The van der Waals surface area contributed by atoms with Gasteiger partial charge in [-0.1, -0.05) is 24.3 Å². The highest BCUT2D eigenvalue weighted by Crippen LogP contribution is 2.37. The van der Waals surface area contributed by atoms with Crippen molar-refractivity contribution in [3.05, 3.63) is 59.7 Å². The normalized spacial score (nSPS) is 17.4. The summed E-state index contributed by atoms with van der Waals surface area (Å²) < 4.78 is 39.4. The maximum atomic E-state index is 13.1. The first kappa shape index (κ1) is 21.2. The molecule has 5 nitrogen and oxygen atoms in total. The van der Waals surface area contributed by atoms with Crippen LogP contribution in [0.4, 0.5) is 24.5 Å². The standard InChI is InChI=1S/C23H24F3N3O2/c24-23(25,26)18-4-1-2-5-19(18)28-17-10-6-15(7-11-17)14-27-21(31)22(12-3-13-22)29-20(30)16-8-9-16/h1-2,4-7,10-11,16,28H,3,8-9,12-14H2,(H,27,31)(H,29,30). The van der Waals surface area contributed by atoms with E-state index in [9.17, 15) is 22.8 Å². The summed E-state index contributed by atoms with van der Waals surface area (Å²) in [5.41, 5.74) is -0.229. The van der Waals surface area contributed by atoms with Gasteiger partial charge in [0.15, 0.2) is 0 Å². The predicted octanol–water partition coefficient (Wildman–Crippen LogP) is 4.51. The second-order valence-electron chi connectivity index (χ2n) is 8.25. The minimum absolute atomic E-state index is 0.0191. The van der Waals surface area contributed by atoms with E-state index >= 15 is 0 Å². The molecule has 2 aromatic carbocycles. The summed E-state index contributed by atoms with van der Waals surface area (Å²) in [5, 5.41) is 8.61. The van der Waals surface area contributed by atoms with Crippen LogP contribution in [0.25, 0.3) is 0 Å². The first-order valence-electron chi connectivity index (χ1n) is 10.4. The Morgan fingerprint density at radius 1 is 1.00 bits per heavy atom. The largest absolute Gasteiger partial charge is 0.418 e. The Kier molecular flexibility index (Phi) is 5.64. The Hall–Kier alpha value is -3.03. The van der Waals surface area contributed by atoms with Gasteiger partial charge in [0.25, 0.3) is 0 Å². The van der Waals surface area contributed by atoms with E-state index in [4.69, 9.17) is 0 Å². The first-order valence-corrected chi connectivity index (χ1v) is 10.4. The lowest BCUT2D eigenvalue weighted by Crippen LogP contribution is -2.63. The van der Waals surface area contributed by atoms with Crippen LogP contribution < -0.4 is 16.0 Å². The van der Waals surface area contributed by atoms with Crippen LogP contribution in [0.3, 0.4) is 0 Å². The van der Waals surface area contributed by atoms with Crippen LogP contribution in [-0.4, -0.2) is 17.4 Å².